The third-order valence-corrected chi connectivity index (χ3v) is 4.76. The van der Waals surface area contributed by atoms with Gasteiger partial charge in [-0.2, -0.15) is 11.8 Å². The molecule has 0 radical (unpaired) electrons. The van der Waals surface area contributed by atoms with Crippen LogP contribution in [0.4, 0.5) is 0 Å². The largest absolute Gasteiger partial charge is 0.480 e. The van der Waals surface area contributed by atoms with Crippen LogP contribution in [0.2, 0.25) is 0 Å². The molecule has 1 saturated heterocycles. The van der Waals surface area contributed by atoms with Crippen molar-refractivity contribution in [2.24, 2.45) is 0 Å². The molecule has 1 aromatic carbocycles. The summed E-state index contributed by atoms with van der Waals surface area (Å²) in [4.78, 5) is 37.3. The Labute approximate surface area is 151 Å². The summed E-state index contributed by atoms with van der Waals surface area (Å²) in [6, 6.07) is 8.52. The Hall–Kier alpha value is -2.06. The molecule has 1 heterocycles. The number of hydrogen-bond donors (Lipinski definition) is 3. The number of nitrogens with one attached hydrogen (secondary N) is 2. The molecule has 0 aliphatic carbocycles. The third-order valence-electron chi connectivity index (χ3n) is 3.82. The lowest BCUT2D eigenvalue weighted by atomic mass is 10.1. The minimum absolute atomic E-state index is 0.224. The van der Waals surface area contributed by atoms with E-state index in [-0.39, 0.29) is 12.5 Å². The summed E-state index contributed by atoms with van der Waals surface area (Å²) in [6.45, 7) is 1.49. The van der Waals surface area contributed by atoms with E-state index < -0.39 is 24.5 Å². The number of carboxylic acids is 1. The maximum atomic E-state index is 12.3. The second kappa shape index (κ2) is 10.0. The fourth-order valence-corrected chi connectivity index (χ4v) is 3.53. The highest BCUT2D eigenvalue weighted by atomic mass is 32.2. The van der Waals surface area contributed by atoms with Crippen molar-refractivity contribution in [2.75, 3.05) is 37.7 Å². The van der Waals surface area contributed by atoms with Gasteiger partial charge in [-0.05, 0) is 5.56 Å². The Morgan fingerprint density at radius 2 is 1.84 bits per heavy atom. The highest BCUT2D eigenvalue weighted by molar-refractivity contribution is 7.99. The normalized spacial score (nSPS) is 16.0. The number of aliphatic carboxylic acids is 1. The highest BCUT2D eigenvalue weighted by Gasteiger charge is 2.23. The summed E-state index contributed by atoms with van der Waals surface area (Å²) in [7, 11) is 0. The molecular formula is C17H23N3O4S. The van der Waals surface area contributed by atoms with E-state index in [1.54, 1.807) is 0 Å². The first-order valence-electron chi connectivity index (χ1n) is 8.17. The average molecular weight is 365 g/mol. The lowest BCUT2D eigenvalue weighted by Gasteiger charge is -2.26. The Bertz CT molecular complexity index is 591. The fourth-order valence-electron chi connectivity index (χ4n) is 2.55. The molecule has 25 heavy (non-hydrogen) atoms. The van der Waals surface area contributed by atoms with E-state index in [0.717, 1.165) is 30.2 Å². The molecule has 0 unspecified atom stereocenters. The van der Waals surface area contributed by atoms with Crippen LogP contribution in [0.15, 0.2) is 30.3 Å². The van der Waals surface area contributed by atoms with Crippen molar-refractivity contribution >= 4 is 29.5 Å². The van der Waals surface area contributed by atoms with Gasteiger partial charge in [0.2, 0.25) is 11.8 Å². The number of rotatable bonds is 8. The quantitative estimate of drug-likeness (QED) is 0.598. The van der Waals surface area contributed by atoms with Gasteiger partial charge in [0.15, 0.2) is 0 Å². The Morgan fingerprint density at radius 3 is 2.48 bits per heavy atom. The molecular weight excluding hydrogens is 342 g/mol. The number of thioether (sulfide) groups is 1. The van der Waals surface area contributed by atoms with E-state index in [0.29, 0.717) is 6.42 Å². The van der Waals surface area contributed by atoms with Gasteiger partial charge in [0.05, 0.1) is 6.54 Å². The van der Waals surface area contributed by atoms with E-state index in [1.165, 1.54) is 0 Å². The van der Waals surface area contributed by atoms with E-state index in [1.807, 2.05) is 42.1 Å². The molecule has 1 atom stereocenters. The van der Waals surface area contributed by atoms with E-state index in [9.17, 15) is 14.4 Å². The maximum Gasteiger partial charge on any atom is 0.322 e. The van der Waals surface area contributed by atoms with Gasteiger partial charge < -0.3 is 15.7 Å². The van der Waals surface area contributed by atoms with Crippen LogP contribution in [0.25, 0.3) is 0 Å². The minimum Gasteiger partial charge on any atom is -0.480 e. The zero-order valence-corrected chi connectivity index (χ0v) is 14.8. The summed E-state index contributed by atoms with van der Waals surface area (Å²) in [6.07, 6.45) is 0.313. The first-order chi connectivity index (χ1) is 12.0. The van der Waals surface area contributed by atoms with Gasteiger partial charge in [-0.15, -0.1) is 0 Å². The second-order valence-corrected chi connectivity index (χ2v) is 7.03. The van der Waals surface area contributed by atoms with Crippen molar-refractivity contribution in [1.82, 2.24) is 15.5 Å². The van der Waals surface area contributed by atoms with Crippen molar-refractivity contribution < 1.29 is 19.5 Å². The van der Waals surface area contributed by atoms with Gasteiger partial charge in [0.1, 0.15) is 12.6 Å². The minimum atomic E-state index is -1.12. The van der Waals surface area contributed by atoms with Crippen LogP contribution in [0, 0.1) is 0 Å². The van der Waals surface area contributed by atoms with Crippen LogP contribution >= 0.6 is 11.8 Å². The Balaban J connectivity index is 1.95. The van der Waals surface area contributed by atoms with Crippen LogP contribution in [-0.2, 0) is 20.8 Å². The lowest BCUT2D eigenvalue weighted by molar-refractivity contribution is -0.138. The molecule has 8 heteroatoms. The van der Waals surface area contributed by atoms with Gasteiger partial charge in [-0.1, -0.05) is 30.3 Å². The predicted molar refractivity (Wildman–Crippen MR) is 96.5 cm³/mol. The zero-order valence-electron chi connectivity index (χ0n) is 13.9. The summed E-state index contributed by atoms with van der Waals surface area (Å²) >= 11 is 1.86. The Morgan fingerprint density at radius 1 is 1.16 bits per heavy atom. The van der Waals surface area contributed by atoms with Crippen molar-refractivity contribution in [3.8, 4) is 0 Å². The van der Waals surface area contributed by atoms with Crippen molar-refractivity contribution in [1.29, 1.82) is 0 Å². The van der Waals surface area contributed by atoms with Gasteiger partial charge in [-0.25, -0.2) is 0 Å². The highest BCUT2D eigenvalue weighted by Crippen LogP contribution is 2.09. The molecule has 0 bridgehead atoms. The number of carbonyl (C=O) groups is 3. The molecule has 0 aromatic heterocycles. The van der Waals surface area contributed by atoms with Crippen LogP contribution in [0.5, 0.6) is 0 Å². The number of amides is 2. The molecule has 0 saturated carbocycles. The first-order valence-corrected chi connectivity index (χ1v) is 9.33. The number of nitrogens with zero attached hydrogens (tertiary/aromatic N) is 1. The SMILES string of the molecule is O=C(O)CNC(=O)[C@H](Cc1ccccc1)NC(=O)CN1CCSCC1. The third kappa shape index (κ3) is 7.15. The van der Waals surface area contributed by atoms with Crippen LogP contribution in [-0.4, -0.2) is 71.5 Å². The van der Waals surface area contributed by atoms with Gasteiger partial charge >= 0.3 is 5.97 Å². The number of carboxylic acid groups (broad SMARTS) is 1. The van der Waals surface area contributed by atoms with E-state index in [4.69, 9.17) is 5.11 Å². The Kier molecular flexibility index (Phi) is 7.75. The van der Waals surface area contributed by atoms with Crippen LogP contribution in [0.3, 0.4) is 0 Å². The number of hydrogen-bond acceptors (Lipinski definition) is 5. The second-order valence-electron chi connectivity index (χ2n) is 5.81. The van der Waals surface area contributed by atoms with Gasteiger partial charge in [-0.3, -0.25) is 19.3 Å². The lowest BCUT2D eigenvalue weighted by Crippen LogP contribution is -2.51. The first kappa shape index (κ1) is 19.3. The predicted octanol–water partition coefficient (Wildman–Crippen LogP) is -0.0365. The standard InChI is InChI=1S/C17H23N3O4S/c21-15(12-20-6-8-25-9-7-20)19-14(17(24)18-11-16(22)23)10-13-4-2-1-3-5-13/h1-5,14H,6-12H2,(H,18,24)(H,19,21)(H,22,23)/t14-/m0/s1. The zero-order chi connectivity index (χ0) is 18.1. The number of carbonyl (C=O) groups excluding carboxylic acids is 2. The maximum absolute atomic E-state index is 12.3. The molecule has 3 N–H and O–H groups in total. The summed E-state index contributed by atoms with van der Waals surface area (Å²) in [5, 5.41) is 13.8. The summed E-state index contributed by atoms with van der Waals surface area (Å²) in [5.74, 6) is 0.163. The molecule has 0 spiro atoms. The monoisotopic (exact) mass is 365 g/mol. The molecule has 1 aliphatic rings. The molecule has 1 fully saturated rings. The van der Waals surface area contributed by atoms with Crippen molar-refractivity contribution in [2.45, 2.75) is 12.5 Å². The molecule has 136 valence electrons. The number of benzene rings is 1. The van der Waals surface area contributed by atoms with E-state index >= 15 is 0 Å². The van der Waals surface area contributed by atoms with Crippen molar-refractivity contribution in [3.05, 3.63) is 35.9 Å². The molecule has 2 rings (SSSR count). The smallest absolute Gasteiger partial charge is 0.322 e. The summed E-state index contributed by atoms with van der Waals surface area (Å²) < 4.78 is 0. The van der Waals surface area contributed by atoms with Crippen molar-refractivity contribution in [3.63, 3.8) is 0 Å². The molecule has 1 aliphatic heterocycles. The molecule has 7 nitrogen and oxygen atoms in total. The van der Waals surface area contributed by atoms with Crippen LogP contribution in [0.1, 0.15) is 5.56 Å². The fraction of sp³-hybridized carbons (Fsp3) is 0.471. The van der Waals surface area contributed by atoms with Gasteiger partial charge in [0, 0.05) is 31.0 Å². The molecule has 2 amide bonds. The molecule has 1 aromatic rings. The topological polar surface area (TPSA) is 98.7 Å². The average Bonchev–Trinajstić information content (AvgIpc) is 2.60. The van der Waals surface area contributed by atoms with E-state index in [2.05, 4.69) is 15.5 Å². The summed E-state index contributed by atoms with van der Waals surface area (Å²) in [5.41, 5.74) is 0.896. The van der Waals surface area contributed by atoms with Crippen LogP contribution < -0.4 is 10.6 Å². The van der Waals surface area contributed by atoms with Gasteiger partial charge in [0.25, 0.3) is 0 Å².